The van der Waals surface area contributed by atoms with Gasteiger partial charge in [0, 0.05) is 17.0 Å². The number of rotatable bonds is 7. The summed E-state index contributed by atoms with van der Waals surface area (Å²) < 4.78 is 0. The lowest BCUT2D eigenvalue weighted by atomic mass is 10.1. The van der Waals surface area contributed by atoms with Crippen molar-refractivity contribution in [2.75, 3.05) is 27.2 Å². The first-order valence-electron chi connectivity index (χ1n) is 8.61. The third-order valence-electron chi connectivity index (χ3n) is 4.44. The summed E-state index contributed by atoms with van der Waals surface area (Å²) in [5.74, 6) is -0.398. The van der Waals surface area contributed by atoms with E-state index in [0.717, 1.165) is 10.5 Å². The van der Waals surface area contributed by atoms with Gasteiger partial charge in [0.2, 0.25) is 5.91 Å². The third-order valence-corrected chi connectivity index (χ3v) is 5.42. The first-order chi connectivity index (χ1) is 13.0. The molecular formula is C19H22N4O3S. The summed E-state index contributed by atoms with van der Waals surface area (Å²) in [6.45, 7) is 0.751. The van der Waals surface area contributed by atoms with Gasteiger partial charge < -0.3 is 15.5 Å². The topological polar surface area (TPSA) is 81.8 Å². The molecule has 1 aliphatic heterocycles. The minimum atomic E-state index is -0.384. The summed E-state index contributed by atoms with van der Waals surface area (Å²) in [6.07, 6.45) is 0. The highest BCUT2D eigenvalue weighted by molar-refractivity contribution is 7.10. The van der Waals surface area contributed by atoms with Crippen molar-refractivity contribution in [3.8, 4) is 0 Å². The van der Waals surface area contributed by atoms with Crippen molar-refractivity contribution >= 4 is 29.2 Å². The van der Waals surface area contributed by atoms with Crippen LogP contribution in [-0.2, 0) is 11.3 Å². The van der Waals surface area contributed by atoms with Crippen LogP contribution in [0.25, 0.3) is 0 Å². The summed E-state index contributed by atoms with van der Waals surface area (Å²) in [7, 11) is 3.97. The van der Waals surface area contributed by atoms with Crippen LogP contribution >= 0.6 is 11.3 Å². The maximum atomic E-state index is 12.4. The van der Waals surface area contributed by atoms with E-state index in [9.17, 15) is 14.4 Å². The number of nitrogens with zero attached hydrogens (tertiary/aromatic N) is 2. The van der Waals surface area contributed by atoms with E-state index in [4.69, 9.17) is 0 Å². The molecule has 2 aromatic rings. The predicted octanol–water partition coefficient (Wildman–Crippen LogP) is 1.83. The Morgan fingerprint density at radius 2 is 2.00 bits per heavy atom. The van der Waals surface area contributed by atoms with Gasteiger partial charge in [0.15, 0.2) is 0 Å². The Kier molecular flexibility index (Phi) is 5.88. The van der Waals surface area contributed by atoms with E-state index >= 15 is 0 Å². The Balaban J connectivity index is 1.59. The van der Waals surface area contributed by atoms with Gasteiger partial charge in [0.05, 0.1) is 19.1 Å². The summed E-state index contributed by atoms with van der Waals surface area (Å²) in [4.78, 5) is 40.1. The second kappa shape index (κ2) is 8.32. The molecule has 0 saturated carbocycles. The largest absolute Gasteiger partial charge is 0.350 e. The van der Waals surface area contributed by atoms with Gasteiger partial charge in [0.1, 0.15) is 0 Å². The summed E-state index contributed by atoms with van der Waals surface area (Å²) in [6, 6.07) is 10.7. The molecule has 1 atom stereocenters. The standard InChI is InChI=1S/C19H22N4O3S/c1-22(2)15(16-4-3-9-27-16)10-20-18(25)14-7-5-13(6-8-14)12-23-17(24)11-21-19(23)26/h3-9,15H,10-12H2,1-2H3,(H,20,25)(H,21,26)/t15-/m1/s1. The zero-order chi connectivity index (χ0) is 19.4. The number of hydrogen-bond acceptors (Lipinski definition) is 5. The van der Waals surface area contributed by atoms with Crippen LogP contribution in [0.5, 0.6) is 0 Å². The molecule has 27 heavy (non-hydrogen) atoms. The van der Waals surface area contributed by atoms with Crippen molar-refractivity contribution in [2.24, 2.45) is 0 Å². The first kappa shape index (κ1) is 19.1. The Labute approximate surface area is 162 Å². The van der Waals surface area contributed by atoms with E-state index in [1.54, 1.807) is 35.6 Å². The number of benzene rings is 1. The number of carbonyl (C=O) groups is 3. The van der Waals surface area contributed by atoms with Gasteiger partial charge in [-0.05, 0) is 43.2 Å². The Hall–Kier alpha value is -2.71. The average Bonchev–Trinajstić information content (AvgIpc) is 3.28. The van der Waals surface area contributed by atoms with E-state index in [0.29, 0.717) is 12.1 Å². The molecule has 8 heteroatoms. The van der Waals surface area contributed by atoms with Crippen LogP contribution in [-0.4, -0.2) is 54.8 Å². The van der Waals surface area contributed by atoms with Crippen LogP contribution in [0, 0.1) is 0 Å². The fraction of sp³-hybridized carbons (Fsp3) is 0.316. The second-order valence-corrected chi connectivity index (χ2v) is 7.52. The molecule has 4 amide bonds. The third kappa shape index (κ3) is 4.53. The smallest absolute Gasteiger partial charge is 0.324 e. The van der Waals surface area contributed by atoms with Crippen LogP contribution in [0.2, 0.25) is 0 Å². The fourth-order valence-electron chi connectivity index (χ4n) is 2.87. The molecule has 7 nitrogen and oxygen atoms in total. The summed E-state index contributed by atoms with van der Waals surface area (Å²) in [5, 5.41) is 7.49. The lowest BCUT2D eigenvalue weighted by Crippen LogP contribution is -2.34. The summed E-state index contributed by atoms with van der Waals surface area (Å²) >= 11 is 1.67. The van der Waals surface area contributed by atoms with Gasteiger partial charge in [-0.15, -0.1) is 11.3 Å². The number of carbonyl (C=O) groups excluding carboxylic acids is 3. The van der Waals surface area contributed by atoms with Crippen molar-refractivity contribution in [3.05, 3.63) is 57.8 Å². The first-order valence-corrected chi connectivity index (χ1v) is 9.49. The highest BCUT2D eigenvalue weighted by Gasteiger charge is 2.28. The minimum absolute atomic E-state index is 0.0383. The number of hydrogen-bond donors (Lipinski definition) is 2. The molecule has 3 rings (SSSR count). The Morgan fingerprint density at radius 1 is 1.26 bits per heavy atom. The zero-order valence-electron chi connectivity index (χ0n) is 15.3. The number of thiophene rings is 1. The molecule has 0 radical (unpaired) electrons. The number of likely N-dealkylation sites (N-methyl/N-ethyl adjacent to an activating group) is 1. The van der Waals surface area contributed by atoms with Crippen LogP contribution in [0.15, 0.2) is 41.8 Å². The van der Waals surface area contributed by atoms with E-state index in [1.807, 2.05) is 25.5 Å². The van der Waals surface area contributed by atoms with Gasteiger partial charge in [-0.25, -0.2) is 4.79 Å². The molecule has 2 heterocycles. The second-order valence-electron chi connectivity index (χ2n) is 6.54. The maximum absolute atomic E-state index is 12.4. The predicted molar refractivity (Wildman–Crippen MR) is 103 cm³/mol. The summed E-state index contributed by atoms with van der Waals surface area (Å²) in [5.41, 5.74) is 1.33. The fourth-order valence-corrected chi connectivity index (χ4v) is 3.79. The molecule has 1 aromatic heterocycles. The molecule has 0 aliphatic carbocycles. The van der Waals surface area contributed by atoms with E-state index in [2.05, 4.69) is 21.6 Å². The normalized spacial score (nSPS) is 15.1. The van der Waals surface area contributed by atoms with E-state index in [1.165, 1.54) is 4.88 Å². The van der Waals surface area contributed by atoms with Gasteiger partial charge in [-0.3, -0.25) is 14.5 Å². The molecule has 0 unspecified atom stereocenters. The molecule has 1 saturated heterocycles. The molecule has 1 aliphatic rings. The van der Waals surface area contributed by atoms with E-state index < -0.39 is 0 Å². The van der Waals surface area contributed by atoms with Gasteiger partial charge in [0.25, 0.3) is 5.91 Å². The molecule has 0 spiro atoms. The minimum Gasteiger partial charge on any atom is -0.350 e. The van der Waals surface area contributed by atoms with Crippen LogP contribution in [0.4, 0.5) is 4.79 Å². The molecule has 0 bridgehead atoms. The quantitative estimate of drug-likeness (QED) is 0.712. The van der Waals surface area contributed by atoms with Crippen LogP contribution < -0.4 is 10.6 Å². The number of nitrogens with one attached hydrogen (secondary N) is 2. The lowest BCUT2D eigenvalue weighted by Gasteiger charge is -2.23. The molecule has 142 valence electrons. The molecule has 2 N–H and O–H groups in total. The van der Waals surface area contributed by atoms with Crippen LogP contribution in [0.1, 0.15) is 26.8 Å². The number of imide groups is 1. The number of amides is 4. The van der Waals surface area contributed by atoms with Gasteiger partial charge in [-0.2, -0.15) is 0 Å². The highest BCUT2D eigenvalue weighted by Crippen LogP contribution is 2.22. The number of urea groups is 1. The van der Waals surface area contributed by atoms with Crippen molar-refractivity contribution in [2.45, 2.75) is 12.6 Å². The zero-order valence-corrected chi connectivity index (χ0v) is 16.1. The van der Waals surface area contributed by atoms with Crippen molar-refractivity contribution in [1.82, 2.24) is 20.4 Å². The highest BCUT2D eigenvalue weighted by atomic mass is 32.1. The molecule has 1 aromatic carbocycles. The van der Waals surface area contributed by atoms with Crippen molar-refractivity contribution in [1.29, 1.82) is 0 Å². The molecular weight excluding hydrogens is 364 g/mol. The SMILES string of the molecule is CN(C)[C@H](CNC(=O)c1ccc(CN2C(=O)CNC2=O)cc1)c1cccs1. The molecule has 1 fully saturated rings. The van der Waals surface area contributed by atoms with Crippen molar-refractivity contribution in [3.63, 3.8) is 0 Å². The monoisotopic (exact) mass is 386 g/mol. The van der Waals surface area contributed by atoms with Crippen LogP contribution in [0.3, 0.4) is 0 Å². The van der Waals surface area contributed by atoms with E-state index in [-0.39, 0.29) is 37.0 Å². The van der Waals surface area contributed by atoms with Gasteiger partial charge in [-0.1, -0.05) is 18.2 Å². The van der Waals surface area contributed by atoms with Gasteiger partial charge >= 0.3 is 6.03 Å². The maximum Gasteiger partial charge on any atom is 0.324 e. The Morgan fingerprint density at radius 3 is 2.56 bits per heavy atom. The lowest BCUT2D eigenvalue weighted by molar-refractivity contribution is -0.125. The van der Waals surface area contributed by atoms with Crippen molar-refractivity contribution < 1.29 is 14.4 Å². The Bertz CT molecular complexity index is 802. The average molecular weight is 386 g/mol.